The molecule has 0 fully saturated rings. The number of nitrogens with two attached hydrogens (primary N) is 1. The summed E-state index contributed by atoms with van der Waals surface area (Å²) in [6, 6.07) is 8.10. The summed E-state index contributed by atoms with van der Waals surface area (Å²) in [5, 5.41) is 0. The Bertz CT molecular complexity index is 358. The molecule has 1 atom stereocenters. The first-order valence-corrected chi connectivity index (χ1v) is 6.21. The minimum Gasteiger partial charge on any atom is -0.488 e. The second-order valence-electron chi connectivity index (χ2n) is 6.18. The average molecular weight is 235 g/mol. The average Bonchev–Trinajstić information content (AvgIpc) is 2.15. The molecular weight excluding hydrogens is 210 g/mol. The summed E-state index contributed by atoms with van der Waals surface area (Å²) in [6.07, 6.45) is 0. The lowest BCUT2D eigenvalue weighted by Gasteiger charge is -2.30. The van der Waals surface area contributed by atoms with Gasteiger partial charge in [0.2, 0.25) is 0 Å². The molecule has 2 nitrogen and oxygen atoms in total. The Hall–Kier alpha value is -1.02. The third-order valence-electron chi connectivity index (χ3n) is 3.10. The molecule has 96 valence electrons. The van der Waals surface area contributed by atoms with Crippen LogP contribution in [0.3, 0.4) is 0 Å². The van der Waals surface area contributed by atoms with Crippen molar-refractivity contribution in [2.75, 3.05) is 0 Å². The molecule has 0 heterocycles. The van der Waals surface area contributed by atoms with Gasteiger partial charge in [-0.3, -0.25) is 0 Å². The van der Waals surface area contributed by atoms with Crippen LogP contribution in [0.5, 0.6) is 5.75 Å². The topological polar surface area (TPSA) is 35.2 Å². The predicted octanol–water partition coefficient (Wildman–Crippen LogP) is 3.69. The Morgan fingerprint density at radius 1 is 1.00 bits per heavy atom. The van der Waals surface area contributed by atoms with Gasteiger partial charge in [0, 0.05) is 5.54 Å². The zero-order valence-corrected chi connectivity index (χ0v) is 11.9. The largest absolute Gasteiger partial charge is 0.488 e. The number of ether oxygens (including phenoxy) is 1. The lowest BCUT2D eigenvalue weighted by molar-refractivity contribution is 0.131. The van der Waals surface area contributed by atoms with Crippen LogP contribution >= 0.6 is 0 Å². The molecule has 2 heteroatoms. The second kappa shape index (κ2) is 4.69. The fraction of sp³-hybridized carbons (Fsp3) is 0.600. The van der Waals surface area contributed by atoms with E-state index in [2.05, 4.69) is 32.9 Å². The lowest BCUT2D eigenvalue weighted by atomic mass is 9.83. The predicted molar refractivity (Wildman–Crippen MR) is 73.2 cm³/mol. The molecule has 0 saturated carbocycles. The van der Waals surface area contributed by atoms with E-state index in [4.69, 9.17) is 10.5 Å². The van der Waals surface area contributed by atoms with E-state index in [9.17, 15) is 0 Å². The summed E-state index contributed by atoms with van der Waals surface area (Å²) in [4.78, 5) is 0. The van der Waals surface area contributed by atoms with Crippen molar-refractivity contribution in [3.05, 3.63) is 29.8 Å². The van der Waals surface area contributed by atoms with Gasteiger partial charge < -0.3 is 10.5 Å². The molecule has 0 saturated heterocycles. The van der Waals surface area contributed by atoms with E-state index in [1.807, 2.05) is 32.9 Å². The van der Waals surface area contributed by atoms with E-state index in [1.54, 1.807) is 0 Å². The smallest absolute Gasteiger partial charge is 0.120 e. The summed E-state index contributed by atoms with van der Waals surface area (Å²) < 4.78 is 5.79. The van der Waals surface area contributed by atoms with Gasteiger partial charge in [-0.15, -0.1) is 0 Å². The van der Waals surface area contributed by atoms with Crippen LogP contribution in [0.2, 0.25) is 0 Å². The molecule has 0 bridgehead atoms. The molecule has 1 unspecified atom stereocenters. The van der Waals surface area contributed by atoms with E-state index in [-0.39, 0.29) is 11.1 Å². The maximum Gasteiger partial charge on any atom is 0.120 e. The second-order valence-corrected chi connectivity index (χ2v) is 6.18. The molecule has 2 N–H and O–H groups in total. The fourth-order valence-electron chi connectivity index (χ4n) is 1.57. The van der Waals surface area contributed by atoms with Crippen molar-refractivity contribution in [2.45, 2.75) is 52.7 Å². The molecule has 1 aromatic carbocycles. The van der Waals surface area contributed by atoms with Crippen LogP contribution in [0, 0.1) is 5.92 Å². The van der Waals surface area contributed by atoms with Crippen molar-refractivity contribution < 1.29 is 4.74 Å². The first-order chi connectivity index (χ1) is 7.63. The van der Waals surface area contributed by atoms with Gasteiger partial charge in [-0.05, 0) is 51.3 Å². The maximum absolute atomic E-state index is 6.32. The monoisotopic (exact) mass is 235 g/mol. The van der Waals surface area contributed by atoms with Crippen molar-refractivity contribution in [2.24, 2.45) is 11.7 Å². The Morgan fingerprint density at radius 3 is 1.82 bits per heavy atom. The van der Waals surface area contributed by atoms with Gasteiger partial charge in [0.1, 0.15) is 11.4 Å². The number of hydrogen-bond acceptors (Lipinski definition) is 2. The van der Waals surface area contributed by atoms with E-state index >= 15 is 0 Å². The zero-order chi connectivity index (χ0) is 13.3. The normalized spacial score (nSPS) is 15.8. The third-order valence-corrected chi connectivity index (χ3v) is 3.10. The minimum atomic E-state index is -0.291. The van der Waals surface area contributed by atoms with Crippen molar-refractivity contribution >= 4 is 0 Å². The Labute approximate surface area is 105 Å². The molecule has 0 amide bonds. The number of hydrogen-bond donors (Lipinski definition) is 1. The minimum absolute atomic E-state index is 0.161. The highest BCUT2D eigenvalue weighted by molar-refractivity contribution is 5.32. The number of benzene rings is 1. The maximum atomic E-state index is 6.32. The first-order valence-electron chi connectivity index (χ1n) is 6.21. The molecule has 1 aromatic rings. The highest BCUT2D eigenvalue weighted by atomic mass is 16.5. The van der Waals surface area contributed by atoms with Crippen molar-refractivity contribution in [3.63, 3.8) is 0 Å². The molecular formula is C15H25NO. The Morgan fingerprint density at radius 2 is 1.47 bits per heavy atom. The first kappa shape index (κ1) is 14.0. The van der Waals surface area contributed by atoms with Crippen LogP contribution in [0.4, 0.5) is 0 Å². The summed E-state index contributed by atoms with van der Waals surface area (Å²) in [5.74, 6) is 1.29. The fourth-order valence-corrected chi connectivity index (χ4v) is 1.57. The van der Waals surface area contributed by atoms with Crippen LogP contribution < -0.4 is 10.5 Å². The summed E-state index contributed by atoms with van der Waals surface area (Å²) in [7, 11) is 0. The zero-order valence-electron chi connectivity index (χ0n) is 11.9. The highest BCUT2D eigenvalue weighted by Crippen LogP contribution is 2.28. The summed E-state index contributed by atoms with van der Waals surface area (Å²) in [5.41, 5.74) is 7.01. The quantitative estimate of drug-likeness (QED) is 0.867. The van der Waals surface area contributed by atoms with Gasteiger partial charge in [0.15, 0.2) is 0 Å². The molecule has 0 aliphatic carbocycles. The molecule has 0 aromatic heterocycles. The Balaban J connectivity index is 2.89. The molecule has 0 radical (unpaired) electrons. The Kier molecular flexibility index (Phi) is 3.88. The summed E-state index contributed by atoms with van der Waals surface area (Å²) >= 11 is 0. The van der Waals surface area contributed by atoms with Crippen LogP contribution in [0.25, 0.3) is 0 Å². The van der Waals surface area contributed by atoms with Gasteiger partial charge in [-0.25, -0.2) is 0 Å². The standard InChI is InChI=1S/C15H25NO/c1-11(2)15(6,16)12-7-9-13(10-8-12)17-14(3,4)5/h7-11H,16H2,1-6H3. The van der Waals surface area contributed by atoms with Crippen LogP contribution in [0.15, 0.2) is 24.3 Å². The van der Waals surface area contributed by atoms with Gasteiger partial charge >= 0.3 is 0 Å². The van der Waals surface area contributed by atoms with E-state index in [0.717, 1.165) is 11.3 Å². The van der Waals surface area contributed by atoms with Crippen molar-refractivity contribution in [1.82, 2.24) is 0 Å². The van der Waals surface area contributed by atoms with Gasteiger partial charge in [0.05, 0.1) is 0 Å². The number of rotatable bonds is 3. The molecule has 17 heavy (non-hydrogen) atoms. The lowest BCUT2D eigenvalue weighted by Crippen LogP contribution is -2.38. The molecule has 0 aliphatic heterocycles. The van der Waals surface area contributed by atoms with Crippen molar-refractivity contribution in [1.29, 1.82) is 0 Å². The van der Waals surface area contributed by atoms with Gasteiger partial charge in [0.25, 0.3) is 0 Å². The molecule has 0 aliphatic rings. The van der Waals surface area contributed by atoms with E-state index < -0.39 is 0 Å². The van der Waals surface area contributed by atoms with Crippen LogP contribution in [0.1, 0.15) is 47.1 Å². The summed E-state index contributed by atoms with van der Waals surface area (Å²) in [6.45, 7) is 12.5. The molecule has 1 rings (SSSR count). The van der Waals surface area contributed by atoms with Gasteiger partial charge in [-0.2, -0.15) is 0 Å². The van der Waals surface area contributed by atoms with E-state index in [0.29, 0.717) is 5.92 Å². The highest BCUT2D eigenvalue weighted by Gasteiger charge is 2.25. The van der Waals surface area contributed by atoms with Crippen LogP contribution in [-0.4, -0.2) is 5.60 Å². The SMILES string of the molecule is CC(C)C(C)(N)c1ccc(OC(C)(C)C)cc1. The van der Waals surface area contributed by atoms with Gasteiger partial charge in [-0.1, -0.05) is 26.0 Å². The molecule has 0 spiro atoms. The van der Waals surface area contributed by atoms with Crippen molar-refractivity contribution in [3.8, 4) is 5.75 Å². The third kappa shape index (κ3) is 3.74. The van der Waals surface area contributed by atoms with E-state index in [1.165, 1.54) is 0 Å². The van der Waals surface area contributed by atoms with Crippen LogP contribution in [-0.2, 0) is 5.54 Å².